The quantitative estimate of drug-likeness (QED) is 0.838. The molecule has 0 unspecified atom stereocenters. The summed E-state index contributed by atoms with van der Waals surface area (Å²) in [4.78, 5) is 6.38. The van der Waals surface area contributed by atoms with E-state index in [0.717, 1.165) is 18.8 Å². The second kappa shape index (κ2) is 6.97. The lowest BCUT2D eigenvalue weighted by molar-refractivity contribution is 0.182. The highest BCUT2D eigenvalue weighted by Crippen LogP contribution is 2.08. The molecule has 1 aromatic rings. The number of nitrogens with one attached hydrogen (secondary N) is 1. The zero-order valence-electron chi connectivity index (χ0n) is 11.6. The van der Waals surface area contributed by atoms with Gasteiger partial charge in [-0.15, -0.1) is 0 Å². The molecule has 0 fully saturated rings. The Kier molecular flexibility index (Phi) is 5.60. The lowest BCUT2D eigenvalue weighted by atomic mass is 10.2. The summed E-state index contributed by atoms with van der Waals surface area (Å²) < 4.78 is 0. The molecule has 0 saturated heterocycles. The molecule has 0 amide bonds. The van der Waals surface area contributed by atoms with E-state index in [1.165, 1.54) is 0 Å². The topological polar surface area (TPSA) is 52.0 Å². The van der Waals surface area contributed by atoms with E-state index in [1.807, 2.05) is 12.1 Å². The van der Waals surface area contributed by atoms with Crippen molar-refractivity contribution >= 4 is 5.69 Å². The molecule has 0 saturated carbocycles. The number of hydrogen-bond acceptors (Lipinski definition) is 4. The molecule has 1 heterocycles. The van der Waals surface area contributed by atoms with Crippen LogP contribution in [0, 0.1) is 11.3 Å². The van der Waals surface area contributed by atoms with E-state index in [2.05, 4.69) is 42.9 Å². The van der Waals surface area contributed by atoms with Gasteiger partial charge in [-0.25, -0.2) is 4.98 Å². The zero-order valence-corrected chi connectivity index (χ0v) is 11.6. The average Bonchev–Trinajstić information content (AvgIpc) is 2.34. The number of pyridine rings is 1. The molecule has 0 aromatic carbocycles. The van der Waals surface area contributed by atoms with Gasteiger partial charge in [0.05, 0.1) is 0 Å². The van der Waals surface area contributed by atoms with Gasteiger partial charge in [-0.2, -0.15) is 5.26 Å². The minimum Gasteiger partial charge on any atom is -0.384 e. The van der Waals surface area contributed by atoms with Gasteiger partial charge >= 0.3 is 0 Å². The van der Waals surface area contributed by atoms with Gasteiger partial charge in [0.1, 0.15) is 11.8 Å². The molecule has 18 heavy (non-hydrogen) atoms. The Hall–Kier alpha value is -1.60. The van der Waals surface area contributed by atoms with E-state index in [4.69, 9.17) is 5.26 Å². The maximum atomic E-state index is 8.77. The van der Waals surface area contributed by atoms with Crippen LogP contribution >= 0.6 is 0 Å². The number of anilines is 1. The van der Waals surface area contributed by atoms with Crippen molar-refractivity contribution in [3.05, 3.63) is 24.0 Å². The minimum absolute atomic E-state index is 0.449. The third-order valence-corrected chi connectivity index (χ3v) is 2.90. The molecule has 0 atom stereocenters. The second-order valence-electron chi connectivity index (χ2n) is 4.89. The maximum Gasteiger partial charge on any atom is 0.142 e. The van der Waals surface area contributed by atoms with Crippen molar-refractivity contribution in [1.29, 1.82) is 5.26 Å². The molecule has 4 heteroatoms. The molecule has 1 N–H and O–H groups in total. The summed E-state index contributed by atoms with van der Waals surface area (Å²) in [5, 5.41) is 12.1. The van der Waals surface area contributed by atoms with Crippen molar-refractivity contribution in [2.75, 3.05) is 18.4 Å². The number of nitrogens with zero attached hydrogens (tertiary/aromatic N) is 3. The third kappa shape index (κ3) is 4.34. The van der Waals surface area contributed by atoms with Crippen LogP contribution in [0.15, 0.2) is 18.3 Å². The highest BCUT2D eigenvalue weighted by Gasteiger charge is 2.12. The SMILES string of the molecule is CC(C)N(CCNc1ccnc(C#N)c1)C(C)C. The average molecular weight is 246 g/mol. The maximum absolute atomic E-state index is 8.77. The van der Waals surface area contributed by atoms with E-state index in [-0.39, 0.29) is 0 Å². The molecular weight excluding hydrogens is 224 g/mol. The number of aromatic nitrogens is 1. The molecule has 98 valence electrons. The van der Waals surface area contributed by atoms with Crippen LogP contribution in [-0.2, 0) is 0 Å². The summed E-state index contributed by atoms with van der Waals surface area (Å²) in [6, 6.07) is 6.78. The summed E-state index contributed by atoms with van der Waals surface area (Å²) >= 11 is 0. The van der Waals surface area contributed by atoms with E-state index in [0.29, 0.717) is 17.8 Å². The predicted octanol–water partition coefficient (Wildman–Crippen LogP) is 2.48. The van der Waals surface area contributed by atoms with Gasteiger partial charge in [0.15, 0.2) is 0 Å². The van der Waals surface area contributed by atoms with Crippen molar-refractivity contribution < 1.29 is 0 Å². The van der Waals surface area contributed by atoms with Gasteiger partial charge in [-0.05, 0) is 39.8 Å². The summed E-state index contributed by atoms with van der Waals surface area (Å²) in [7, 11) is 0. The predicted molar refractivity (Wildman–Crippen MR) is 74.4 cm³/mol. The zero-order chi connectivity index (χ0) is 13.5. The molecule has 1 aromatic heterocycles. The van der Waals surface area contributed by atoms with Crippen LogP contribution in [0.4, 0.5) is 5.69 Å². The summed E-state index contributed by atoms with van der Waals surface area (Å²) in [5.74, 6) is 0. The first-order valence-corrected chi connectivity index (χ1v) is 6.40. The Morgan fingerprint density at radius 1 is 1.33 bits per heavy atom. The number of rotatable bonds is 6. The van der Waals surface area contributed by atoms with E-state index in [1.54, 1.807) is 12.3 Å². The lowest BCUT2D eigenvalue weighted by Gasteiger charge is -2.30. The Labute approximate surface area is 110 Å². The smallest absolute Gasteiger partial charge is 0.142 e. The van der Waals surface area contributed by atoms with Crippen LogP contribution in [0.3, 0.4) is 0 Å². The van der Waals surface area contributed by atoms with Gasteiger partial charge in [-0.1, -0.05) is 0 Å². The number of nitriles is 1. The van der Waals surface area contributed by atoms with Crippen molar-refractivity contribution in [3.63, 3.8) is 0 Å². The molecule has 0 bridgehead atoms. The van der Waals surface area contributed by atoms with Crippen molar-refractivity contribution in [2.45, 2.75) is 39.8 Å². The third-order valence-electron chi connectivity index (χ3n) is 2.90. The first-order valence-electron chi connectivity index (χ1n) is 6.40. The Balaban J connectivity index is 2.48. The van der Waals surface area contributed by atoms with E-state index in [9.17, 15) is 0 Å². The highest BCUT2D eigenvalue weighted by molar-refractivity contribution is 5.45. The van der Waals surface area contributed by atoms with Crippen molar-refractivity contribution in [3.8, 4) is 6.07 Å². The van der Waals surface area contributed by atoms with Crippen LogP contribution in [0.2, 0.25) is 0 Å². The van der Waals surface area contributed by atoms with Crippen molar-refractivity contribution in [1.82, 2.24) is 9.88 Å². The van der Waals surface area contributed by atoms with Gasteiger partial charge in [0, 0.05) is 37.1 Å². The summed E-state index contributed by atoms with van der Waals surface area (Å²) in [6.45, 7) is 10.7. The molecule has 0 spiro atoms. The largest absolute Gasteiger partial charge is 0.384 e. The van der Waals surface area contributed by atoms with Gasteiger partial charge in [0.25, 0.3) is 0 Å². The molecule has 0 aliphatic rings. The van der Waals surface area contributed by atoms with E-state index >= 15 is 0 Å². The fourth-order valence-corrected chi connectivity index (χ4v) is 2.04. The Morgan fingerprint density at radius 2 is 2.00 bits per heavy atom. The van der Waals surface area contributed by atoms with Crippen molar-refractivity contribution in [2.24, 2.45) is 0 Å². The van der Waals surface area contributed by atoms with Crippen LogP contribution in [0.1, 0.15) is 33.4 Å². The fraction of sp³-hybridized carbons (Fsp3) is 0.571. The van der Waals surface area contributed by atoms with Crippen LogP contribution in [0.5, 0.6) is 0 Å². The van der Waals surface area contributed by atoms with Gasteiger partial charge in [-0.3, -0.25) is 4.90 Å². The normalized spacial score (nSPS) is 11.0. The Morgan fingerprint density at radius 3 is 2.56 bits per heavy atom. The standard InChI is InChI=1S/C14H22N4/c1-11(2)18(12(3)4)8-7-17-13-5-6-16-14(9-13)10-15/h5-6,9,11-12H,7-8H2,1-4H3,(H,16,17). The minimum atomic E-state index is 0.449. The lowest BCUT2D eigenvalue weighted by Crippen LogP contribution is -2.40. The first kappa shape index (κ1) is 14.5. The summed E-state index contributed by atoms with van der Waals surface area (Å²) in [5.41, 5.74) is 1.40. The molecule has 0 radical (unpaired) electrons. The summed E-state index contributed by atoms with van der Waals surface area (Å²) in [6.07, 6.45) is 1.66. The van der Waals surface area contributed by atoms with Crippen LogP contribution in [0.25, 0.3) is 0 Å². The van der Waals surface area contributed by atoms with Crippen LogP contribution in [-0.4, -0.2) is 35.1 Å². The second-order valence-corrected chi connectivity index (χ2v) is 4.89. The van der Waals surface area contributed by atoms with Crippen LogP contribution < -0.4 is 5.32 Å². The molecule has 0 aliphatic heterocycles. The monoisotopic (exact) mass is 246 g/mol. The first-order chi connectivity index (χ1) is 8.54. The fourth-order valence-electron chi connectivity index (χ4n) is 2.04. The molecular formula is C14H22N4. The molecule has 4 nitrogen and oxygen atoms in total. The number of hydrogen-bond donors (Lipinski definition) is 1. The van der Waals surface area contributed by atoms with Gasteiger partial charge < -0.3 is 5.32 Å². The van der Waals surface area contributed by atoms with E-state index < -0.39 is 0 Å². The molecule has 1 rings (SSSR count). The molecule has 0 aliphatic carbocycles. The van der Waals surface area contributed by atoms with Gasteiger partial charge in [0.2, 0.25) is 0 Å². The Bertz CT molecular complexity index is 399. The highest BCUT2D eigenvalue weighted by atomic mass is 15.2.